The van der Waals surface area contributed by atoms with Crippen LogP contribution in [0.25, 0.3) is 0 Å². The number of benzene rings is 1. The van der Waals surface area contributed by atoms with Crippen LogP contribution in [0.3, 0.4) is 0 Å². The van der Waals surface area contributed by atoms with Crippen molar-refractivity contribution in [2.24, 2.45) is 11.8 Å². The molecule has 0 bridgehead atoms. The predicted octanol–water partition coefficient (Wildman–Crippen LogP) is -5.17. The molecule has 566 valence electrons. The van der Waals surface area contributed by atoms with Gasteiger partial charge in [0.05, 0.1) is 69.0 Å². The Hall–Kier alpha value is -4.55. The molecule has 2 saturated carbocycles. The van der Waals surface area contributed by atoms with Gasteiger partial charge in [-0.2, -0.15) is 0 Å². The fourth-order valence-electron chi connectivity index (χ4n) is 14.0. The maximum atomic E-state index is 14.0. The van der Waals surface area contributed by atoms with Crippen LogP contribution in [0.15, 0.2) is 24.3 Å². The Morgan fingerprint density at radius 3 is 1.49 bits per heavy atom. The third-order valence-electron chi connectivity index (χ3n) is 19.2. The van der Waals surface area contributed by atoms with E-state index in [-0.39, 0.29) is 18.4 Å². The number of nitrogens with one attached hydrogen (secondary N) is 5. The summed E-state index contributed by atoms with van der Waals surface area (Å²) >= 11 is 0. The molecule has 0 aromatic heterocycles. The van der Waals surface area contributed by atoms with E-state index in [4.69, 9.17) is 52.1 Å². The molecule has 1 aromatic carbocycles. The van der Waals surface area contributed by atoms with E-state index in [0.29, 0.717) is 12.4 Å². The number of unbranched alkanes of at least 4 members (excludes halogenated alkanes) is 8. The number of hydrogen-bond donors (Lipinski definition) is 18. The highest BCUT2D eigenvalue weighted by molar-refractivity contribution is 5.94. The number of ether oxygens (including phenoxy) is 11. The van der Waals surface area contributed by atoms with E-state index in [1.807, 2.05) is 0 Å². The molecule has 34 nitrogen and oxygen atoms in total. The summed E-state index contributed by atoms with van der Waals surface area (Å²) in [5, 5.41) is 160. The van der Waals surface area contributed by atoms with Crippen molar-refractivity contribution >= 4 is 29.5 Å². The topological polar surface area (TPSA) is 510 Å². The van der Waals surface area contributed by atoms with E-state index in [2.05, 4.69) is 33.5 Å². The fraction of sp³-hybridized carbons (Fsp3) is 0.831. The van der Waals surface area contributed by atoms with E-state index >= 15 is 0 Å². The summed E-state index contributed by atoms with van der Waals surface area (Å²) < 4.78 is 66.8. The second-order valence-corrected chi connectivity index (χ2v) is 26.6. The third-order valence-corrected chi connectivity index (χ3v) is 19.2. The fourth-order valence-corrected chi connectivity index (χ4v) is 14.0. The molecule has 1 aromatic rings. The highest BCUT2D eigenvalue weighted by Gasteiger charge is 2.58. The molecule has 18 N–H and O–H groups in total. The van der Waals surface area contributed by atoms with Crippen molar-refractivity contribution in [3.8, 4) is 5.75 Å². The van der Waals surface area contributed by atoms with Crippen molar-refractivity contribution in [1.29, 1.82) is 0 Å². The Bertz CT molecular complexity index is 2680. The molecule has 14 unspecified atom stereocenters. The second kappa shape index (κ2) is 38.8. The normalized spacial score (nSPS) is 39.5. The third kappa shape index (κ3) is 21.1. The van der Waals surface area contributed by atoms with Crippen LogP contribution in [-0.2, 0) is 66.5 Å². The number of aliphatic hydroxyl groups is 13. The summed E-state index contributed by atoms with van der Waals surface area (Å²) in [4.78, 5) is 65.4. The summed E-state index contributed by atoms with van der Waals surface area (Å²) in [6.45, 7) is 4.54. The van der Waals surface area contributed by atoms with Gasteiger partial charge in [-0.15, -0.1) is 0 Å². The Morgan fingerprint density at radius 2 is 0.949 bits per heavy atom. The lowest BCUT2D eigenvalue weighted by Crippen LogP contribution is -2.70. The highest BCUT2D eigenvalue weighted by atomic mass is 16.7. The van der Waals surface area contributed by atoms with Crippen LogP contribution < -0.4 is 31.3 Å². The predicted molar refractivity (Wildman–Crippen MR) is 340 cm³/mol. The van der Waals surface area contributed by atoms with Gasteiger partial charge in [0.25, 0.3) is 5.91 Å². The van der Waals surface area contributed by atoms with Gasteiger partial charge in [-0.3, -0.25) is 24.0 Å². The van der Waals surface area contributed by atoms with E-state index in [9.17, 15) is 90.4 Å². The van der Waals surface area contributed by atoms with Crippen molar-refractivity contribution in [3.05, 3.63) is 29.8 Å². The molecule has 2 aliphatic carbocycles. The Balaban J connectivity index is 1.07. The molecule has 0 spiro atoms. The van der Waals surface area contributed by atoms with Gasteiger partial charge in [0.15, 0.2) is 25.2 Å². The lowest BCUT2D eigenvalue weighted by atomic mass is 9.77. The molecule has 34 heteroatoms. The molecule has 99 heavy (non-hydrogen) atoms. The minimum atomic E-state index is -1.96. The van der Waals surface area contributed by atoms with Crippen LogP contribution in [0.1, 0.15) is 123 Å². The average molecular weight is 1420 g/mol. The van der Waals surface area contributed by atoms with E-state index in [0.717, 1.165) is 53.4 Å². The standard InChI is InChI=1S/C65H107N5O29/c1-8-9-10-11-12-13-14-15-16-20-90-37-19-17-18-34(21-37)61(87)70-46-50(81)49(80)40(26-73)96-63(46)99-58-41(27-74)97-64(47(54(58)85)69-33(6)78)98-57-36(25-72)23-38(43(52(57)83)66-30(3)75)93-56-35(24-71)22-39(44(51(56)82)67-31(4)76)94-59-42(95-62(88)45(53(59)84)68-32(5)77)28-91-65-60(89-7)55(86)48(79)29(2)92-65/h17-19,21,29,35-36,38-60,62-65,71-74,79-86,88H,8-16,20,22-28H2,1-7H3,(H,66,75)(H,67,76)(H,68,77)(H,69,78)(H,70,87)/t29?,35-,36?,38+,39?,40?,41-,42?,43+,44?,45-,46-,47?,48?,49+,50+,51?,52+,53+,54?,55-,56+,57?,58+,59?,60+,62+,63?,64?,65+/m0/s1. The molecule has 4 saturated heterocycles. The quantitative estimate of drug-likeness (QED) is 0.0293. The van der Waals surface area contributed by atoms with Crippen molar-refractivity contribution < 1.29 is 142 Å². The van der Waals surface area contributed by atoms with Crippen LogP contribution in [0.2, 0.25) is 0 Å². The van der Waals surface area contributed by atoms with Gasteiger partial charge in [-0.1, -0.05) is 64.4 Å². The largest absolute Gasteiger partial charge is 0.494 e. The summed E-state index contributed by atoms with van der Waals surface area (Å²) in [5.74, 6) is -5.63. The van der Waals surface area contributed by atoms with Crippen molar-refractivity contribution in [3.63, 3.8) is 0 Å². The first-order valence-electron chi connectivity index (χ1n) is 34.3. The molecular formula is C65H107N5O29. The SMILES string of the molecule is CCCCCCCCCCCOc1cccc(C(=O)N[C@@H]2C(O[C@H]3C(O)C(NC(C)=O)C(OC4C(CO)C[C@@H](O[C@H]5C(O)C(NC(C)=O)C(OC6C(CO[C@@H]7OC(C)C(O)[C@H](O)[C@H]7OC)O[C@@H](O)[C@@H](NC(C)=O)[C@H]6O)C[C@H]5CO)[C@@H](NC(C)=O)[C@H]4O)O[C@H]3CO)OC(CO)[C@@H](O)[C@@H]2O)c1. The molecule has 4 heterocycles. The van der Waals surface area contributed by atoms with Gasteiger partial charge in [0.1, 0.15) is 109 Å². The Kier molecular flexibility index (Phi) is 32.0. The summed E-state index contributed by atoms with van der Waals surface area (Å²) in [7, 11) is 1.24. The van der Waals surface area contributed by atoms with Gasteiger partial charge >= 0.3 is 0 Å². The van der Waals surface area contributed by atoms with Gasteiger partial charge in [-0.25, -0.2) is 0 Å². The lowest BCUT2D eigenvalue weighted by molar-refractivity contribution is -0.342. The van der Waals surface area contributed by atoms with Crippen LogP contribution in [0.5, 0.6) is 5.75 Å². The molecule has 4 aliphatic heterocycles. The van der Waals surface area contributed by atoms with Gasteiger partial charge in [0, 0.05) is 65.4 Å². The molecule has 0 radical (unpaired) electrons. The van der Waals surface area contributed by atoms with E-state index < -0.39 is 246 Å². The summed E-state index contributed by atoms with van der Waals surface area (Å²) in [6, 6.07) is -1.60. The van der Waals surface area contributed by atoms with Crippen LogP contribution >= 0.6 is 0 Å². The zero-order valence-electron chi connectivity index (χ0n) is 57.0. The monoisotopic (exact) mass is 1420 g/mol. The molecule has 7 rings (SSSR count). The van der Waals surface area contributed by atoms with Crippen LogP contribution in [-0.4, -0.2) is 314 Å². The Labute approximate surface area is 574 Å². The van der Waals surface area contributed by atoms with Crippen LogP contribution in [0.4, 0.5) is 0 Å². The second-order valence-electron chi connectivity index (χ2n) is 26.6. The summed E-state index contributed by atoms with van der Waals surface area (Å²) in [5.41, 5.74) is 0.0779. The number of amides is 5. The van der Waals surface area contributed by atoms with E-state index in [1.165, 1.54) is 58.3 Å². The average Bonchev–Trinajstić information content (AvgIpc) is 0.771. The summed E-state index contributed by atoms with van der Waals surface area (Å²) in [6.07, 6.45) is -27.5. The molecule has 5 amide bonds. The van der Waals surface area contributed by atoms with Gasteiger partial charge in [-0.05, 0) is 44.4 Å². The zero-order valence-corrected chi connectivity index (χ0v) is 57.0. The number of aliphatic hydroxyl groups excluding tert-OH is 13. The zero-order chi connectivity index (χ0) is 72.5. The first-order chi connectivity index (χ1) is 47.2. The Morgan fingerprint density at radius 1 is 0.475 bits per heavy atom. The first kappa shape index (κ1) is 81.7. The maximum absolute atomic E-state index is 14.0. The maximum Gasteiger partial charge on any atom is 0.251 e. The van der Waals surface area contributed by atoms with Crippen LogP contribution in [0, 0.1) is 11.8 Å². The van der Waals surface area contributed by atoms with Crippen molar-refractivity contribution in [2.45, 2.75) is 284 Å². The molecule has 6 fully saturated rings. The van der Waals surface area contributed by atoms with Gasteiger partial charge in [0.2, 0.25) is 23.6 Å². The molecular weight excluding hydrogens is 1310 g/mol. The molecule has 30 atom stereocenters. The number of methoxy groups -OCH3 is 1. The minimum Gasteiger partial charge on any atom is -0.494 e. The first-order valence-corrected chi connectivity index (χ1v) is 34.3. The smallest absolute Gasteiger partial charge is 0.251 e. The lowest BCUT2D eigenvalue weighted by Gasteiger charge is -2.52. The van der Waals surface area contributed by atoms with Gasteiger partial charge < -0.3 is 145 Å². The number of carbonyl (C=O) groups excluding carboxylic acids is 5. The number of rotatable bonds is 33. The highest BCUT2D eigenvalue weighted by Crippen LogP contribution is 2.40. The number of carbonyl (C=O) groups is 5. The van der Waals surface area contributed by atoms with E-state index in [1.54, 1.807) is 12.1 Å². The number of hydrogen-bond acceptors (Lipinski definition) is 29. The van der Waals surface area contributed by atoms with Crippen molar-refractivity contribution in [1.82, 2.24) is 26.6 Å². The minimum absolute atomic E-state index is 0.0779. The van der Waals surface area contributed by atoms with Crippen molar-refractivity contribution in [2.75, 3.05) is 46.8 Å². The molecule has 6 aliphatic rings.